The van der Waals surface area contributed by atoms with Gasteiger partial charge in [-0.05, 0) is 62.6 Å². The summed E-state index contributed by atoms with van der Waals surface area (Å²) in [5.41, 5.74) is 3.13. The highest BCUT2D eigenvalue weighted by molar-refractivity contribution is 7.17. The van der Waals surface area contributed by atoms with Crippen LogP contribution in [0.25, 0.3) is 0 Å². The number of hydroxylamine groups is 1. The number of hydrogen-bond acceptors (Lipinski definition) is 7. The fourth-order valence-corrected chi connectivity index (χ4v) is 6.58. The molecule has 0 aliphatic carbocycles. The third kappa shape index (κ3) is 4.12. The maximum absolute atomic E-state index is 14.1. The molecule has 3 heterocycles. The minimum absolute atomic E-state index is 0.172. The van der Waals surface area contributed by atoms with E-state index in [0.29, 0.717) is 21.2 Å². The fraction of sp³-hybridized carbons (Fsp3) is 0.296. The number of fused-ring (bicyclic) bond motifs is 1. The van der Waals surface area contributed by atoms with Crippen molar-refractivity contribution in [2.45, 2.75) is 39.8 Å². The van der Waals surface area contributed by atoms with E-state index in [9.17, 15) is 14.4 Å². The molecule has 0 spiro atoms. The largest absolute Gasteiger partial charge is 0.462 e. The molecule has 10 heteroatoms. The maximum atomic E-state index is 14.1. The van der Waals surface area contributed by atoms with E-state index in [1.54, 1.807) is 37.1 Å². The Balaban J connectivity index is 1.63. The van der Waals surface area contributed by atoms with Crippen LogP contribution in [0, 0.1) is 26.7 Å². The van der Waals surface area contributed by atoms with Gasteiger partial charge < -0.3 is 4.74 Å². The topological polar surface area (TPSA) is 76.2 Å². The number of rotatable bonds is 5. The molecule has 2 aromatic carbocycles. The van der Waals surface area contributed by atoms with Crippen LogP contribution in [0.1, 0.15) is 44.9 Å². The second-order valence-electron chi connectivity index (χ2n) is 8.97. The highest BCUT2D eigenvalue weighted by atomic mass is 35.5. The van der Waals surface area contributed by atoms with Crippen LogP contribution in [-0.2, 0) is 19.2 Å². The van der Waals surface area contributed by atoms with E-state index in [1.165, 1.54) is 11.3 Å². The maximum Gasteiger partial charge on any atom is 0.341 e. The monoisotopic (exact) mass is 558 g/mol. The highest BCUT2D eigenvalue weighted by Gasteiger charge is 2.61. The molecule has 2 aliphatic heterocycles. The van der Waals surface area contributed by atoms with Crippen LogP contribution in [0.3, 0.4) is 0 Å². The van der Waals surface area contributed by atoms with Crippen LogP contribution >= 0.6 is 34.5 Å². The third-order valence-electron chi connectivity index (χ3n) is 6.80. The number of para-hydroxylation sites is 1. The van der Waals surface area contributed by atoms with Crippen LogP contribution < -0.4 is 9.96 Å². The van der Waals surface area contributed by atoms with Gasteiger partial charge in [-0.25, -0.2) is 14.8 Å². The minimum atomic E-state index is -1.10. The van der Waals surface area contributed by atoms with Crippen molar-refractivity contribution in [3.05, 3.63) is 79.6 Å². The van der Waals surface area contributed by atoms with Crippen molar-refractivity contribution in [2.75, 3.05) is 16.6 Å². The highest BCUT2D eigenvalue weighted by Crippen LogP contribution is 2.51. The third-order valence-corrected chi connectivity index (χ3v) is 8.55. The van der Waals surface area contributed by atoms with E-state index in [2.05, 4.69) is 0 Å². The number of esters is 1. The molecule has 3 aromatic rings. The number of anilines is 2. The molecule has 2 saturated heterocycles. The van der Waals surface area contributed by atoms with Gasteiger partial charge in [0.1, 0.15) is 10.9 Å². The Morgan fingerprint density at radius 2 is 1.81 bits per heavy atom. The second-order valence-corrected chi connectivity index (χ2v) is 11.0. The zero-order valence-electron chi connectivity index (χ0n) is 20.6. The lowest BCUT2D eigenvalue weighted by atomic mass is 9.90. The van der Waals surface area contributed by atoms with E-state index in [0.717, 1.165) is 21.0 Å². The molecular formula is C27H24Cl2N2O5S. The Labute approximate surface area is 228 Å². The normalized spacial score (nSPS) is 21.1. The number of carbonyl (C=O) groups is 3. The summed E-state index contributed by atoms with van der Waals surface area (Å²) in [5, 5.41) is 2.66. The average Bonchev–Trinajstić information content (AvgIpc) is 3.45. The number of imide groups is 1. The molecule has 5 rings (SSSR count). The van der Waals surface area contributed by atoms with Gasteiger partial charge in [0.15, 0.2) is 6.10 Å². The number of aryl methyl sites for hydroxylation is 2. The van der Waals surface area contributed by atoms with Gasteiger partial charge in [-0.2, -0.15) is 0 Å². The van der Waals surface area contributed by atoms with Crippen LogP contribution in [0.4, 0.5) is 10.7 Å². The average molecular weight is 559 g/mol. The molecule has 3 atom stereocenters. The molecular weight excluding hydrogens is 535 g/mol. The van der Waals surface area contributed by atoms with E-state index in [4.69, 9.17) is 32.8 Å². The molecule has 1 aromatic heterocycles. The lowest BCUT2D eigenvalue weighted by molar-refractivity contribution is -0.126. The molecule has 2 aliphatic rings. The summed E-state index contributed by atoms with van der Waals surface area (Å²) in [6.07, 6.45) is -1.10. The summed E-state index contributed by atoms with van der Waals surface area (Å²) in [6.45, 7) is 7.42. The van der Waals surface area contributed by atoms with E-state index in [-0.39, 0.29) is 17.2 Å². The fourth-order valence-electron chi connectivity index (χ4n) is 4.90. The Kier molecular flexibility index (Phi) is 6.79. The summed E-state index contributed by atoms with van der Waals surface area (Å²) in [7, 11) is 0. The van der Waals surface area contributed by atoms with Crippen molar-refractivity contribution in [1.82, 2.24) is 0 Å². The molecule has 2 amide bonds. The number of carbonyl (C=O) groups excluding carboxylic acids is 3. The van der Waals surface area contributed by atoms with Gasteiger partial charge in [-0.1, -0.05) is 47.5 Å². The lowest BCUT2D eigenvalue weighted by Crippen LogP contribution is -2.38. The lowest BCUT2D eigenvalue weighted by Gasteiger charge is -2.30. The van der Waals surface area contributed by atoms with Gasteiger partial charge in [0.2, 0.25) is 5.91 Å². The van der Waals surface area contributed by atoms with Gasteiger partial charge in [-0.3, -0.25) is 14.4 Å². The van der Waals surface area contributed by atoms with Crippen molar-refractivity contribution in [1.29, 1.82) is 0 Å². The van der Waals surface area contributed by atoms with Gasteiger partial charge in [-0.15, -0.1) is 11.3 Å². The van der Waals surface area contributed by atoms with Crippen molar-refractivity contribution in [3.63, 3.8) is 0 Å². The summed E-state index contributed by atoms with van der Waals surface area (Å²) >= 11 is 14.0. The molecule has 0 N–H and O–H groups in total. The predicted molar refractivity (Wildman–Crippen MR) is 143 cm³/mol. The van der Waals surface area contributed by atoms with E-state index >= 15 is 0 Å². The van der Waals surface area contributed by atoms with Crippen molar-refractivity contribution in [2.24, 2.45) is 5.92 Å². The van der Waals surface area contributed by atoms with E-state index < -0.39 is 35.8 Å². The summed E-state index contributed by atoms with van der Waals surface area (Å²) in [6, 6.07) is 11.9. The first-order valence-electron chi connectivity index (χ1n) is 11.8. The summed E-state index contributed by atoms with van der Waals surface area (Å²) in [4.78, 5) is 48.8. The summed E-state index contributed by atoms with van der Waals surface area (Å²) in [5.74, 6) is -2.47. The molecule has 0 bridgehead atoms. The van der Waals surface area contributed by atoms with Crippen LogP contribution in [0.15, 0.2) is 42.5 Å². The van der Waals surface area contributed by atoms with E-state index in [1.807, 2.05) is 38.1 Å². The number of thiophene rings is 1. The molecule has 192 valence electrons. The first-order valence-corrected chi connectivity index (χ1v) is 13.3. The molecule has 2 fully saturated rings. The Bertz CT molecular complexity index is 1440. The first kappa shape index (κ1) is 25.7. The minimum Gasteiger partial charge on any atom is -0.462 e. The predicted octanol–water partition coefficient (Wildman–Crippen LogP) is 6.21. The molecule has 7 nitrogen and oxygen atoms in total. The van der Waals surface area contributed by atoms with Crippen LogP contribution in [0.2, 0.25) is 10.0 Å². The molecule has 0 radical (unpaired) electrons. The molecule has 37 heavy (non-hydrogen) atoms. The Morgan fingerprint density at radius 1 is 1.08 bits per heavy atom. The van der Waals surface area contributed by atoms with Crippen molar-refractivity contribution >= 4 is 63.0 Å². The van der Waals surface area contributed by atoms with Crippen LogP contribution in [0.5, 0.6) is 0 Å². The Morgan fingerprint density at radius 3 is 2.49 bits per heavy atom. The first-order chi connectivity index (χ1) is 17.6. The number of ether oxygens (including phenoxy) is 1. The SMILES string of the molecule is CCOC(=O)c1c(N2C(=O)[C@@H]3[C@H](ON(c4ccccc4C)[C@@H]3c3ccc(Cl)cc3Cl)C2=O)sc(C)c1C. The quantitative estimate of drug-likeness (QED) is 0.274. The Hall–Kier alpha value is -2.91. The second kappa shape index (κ2) is 9.76. The van der Waals surface area contributed by atoms with Crippen LogP contribution in [-0.4, -0.2) is 30.5 Å². The van der Waals surface area contributed by atoms with Gasteiger partial charge in [0.05, 0.1) is 23.9 Å². The number of amides is 2. The summed E-state index contributed by atoms with van der Waals surface area (Å²) < 4.78 is 5.24. The van der Waals surface area contributed by atoms with Crippen molar-refractivity contribution < 1.29 is 24.0 Å². The number of nitrogens with zero attached hydrogens (tertiary/aromatic N) is 2. The molecule has 0 unspecified atom stereocenters. The standard InChI is InChI=1S/C27H24Cl2N2O5S/c1-5-35-27(34)20-14(3)15(4)37-26(20)30-24(32)21-22(17-11-10-16(28)12-18(17)29)31(36-23(21)25(30)33)19-9-7-6-8-13(19)2/h6-12,21-23H,5H2,1-4H3/t21-,22+,23-/m0/s1. The number of benzene rings is 2. The van der Waals surface area contributed by atoms with Crippen molar-refractivity contribution in [3.8, 4) is 0 Å². The zero-order chi connectivity index (χ0) is 26.6. The van der Waals surface area contributed by atoms with Gasteiger partial charge >= 0.3 is 5.97 Å². The zero-order valence-corrected chi connectivity index (χ0v) is 22.9. The smallest absolute Gasteiger partial charge is 0.341 e. The number of hydrogen-bond donors (Lipinski definition) is 0. The van der Waals surface area contributed by atoms with Gasteiger partial charge in [0.25, 0.3) is 5.91 Å². The van der Waals surface area contributed by atoms with Gasteiger partial charge in [0, 0.05) is 14.9 Å². The molecule has 0 saturated carbocycles. The number of halogens is 2.